The molecule has 800 valence electrons. The van der Waals surface area contributed by atoms with Gasteiger partial charge < -0.3 is 27.4 Å². The zero-order valence-electron chi connectivity index (χ0n) is 101. The average molecular weight is 2010 g/mol. The largest absolute Gasteiger partial charge is 0.344 e. The molecule has 0 saturated carbocycles. The molecular weight excluding hydrogens is 1810 g/mol. The Morgan fingerprint density at radius 2 is 0.267 bits per heavy atom. The summed E-state index contributed by atoms with van der Waals surface area (Å²) in [6.07, 6.45) is 0. The molecule has 0 aliphatic carbocycles. The third kappa shape index (κ3) is 30.6. The lowest BCUT2D eigenvalue weighted by molar-refractivity contribution is 1.01. The van der Waals surface area contributed by atoms with E-state index in [1.165, 1.54) is 206 Å². The van der Waals surface area contributed by atoms with Gasteiger partial charge in [-0.15, -0.1) is 0 Å². The van der Waals surface area contributed by atoms with E-state index in [-0.39, 0.29) is 0 Å². The normalized spacial score (nSPS) is 9.47. The summed E-state index contributed by atoms with van der Waals surface area (Å²) in [6.45, 7) is 76.0. The fourth-order valence-corrected chi connectivity index (χ4v) is 18.1. The molecule has 6 nitrogen and oxygen atoms in total. The summed E-state index contributed by atoms with van der Waals surface area (Å²) in [5.74, 6) is 0. The van der Waals surface area contributed by atoms with Crippen molar-refractivity contribution in [2.45, 2.75) is 263 Å². The number of nitrogens with zero attached hydrogens (tertiary/aromatic N) is 6. The molecule has 25 rings (SSSR count). The molecule has 0 radical (unpaired) electrons. The highest BCUT2D eigenvalue weighted by molar-refractivity contribution is 6.28. The summed E-state index contributed by atoms with van der Waals surface area (Å²) in [4.78, 5) is 0. The number of rotatable bonds is 0. The summed E-state index contributed by atoms with van der Waals surface area (Å²) in [5, 5.41) is 34.5. The lowest BCUT2D eigenvalue weighted by Gasteiger charge is -2.02. The van der Waals surface area contributed by atoms with Crippen molar-refractivity contribution in [1.82, 2.24) is 27.4 Å². The monoisotopic (exact) mass is 2010 g/mol. The molecule has 0 saturated heterocycles. The third-order valence-corrected chi connectivity index (χ3v) is 23.7. The number of hydrogen-bond donors (Lipinski definition) is 0. The molecule has 0 aliphatic rings. The molecule has 0 atom stereocenters. The van der Waals surface area contributed by atoms with Crippen LogP contribution in [0.25, 0.3) is 206 Å². The number of hydrogen-bond acceptors (Lipinski definition) is 0. The maximum atomic E-state index is 2.32. The van der Waals surface area contributed by atoms with Gasteiger partial charge in [0, 0.05) is 173 Å². The number of fused-ring (bicyclic) bond motifs is 29. The standard InChI is InChI=1S/2C21H15N.3C17H13N.C13H11N.19C2H6/c1-22-20-12-16-8-4-2-6-14(16)10-18(20)19-11-15-7-3-5-9-17(15)13-21(19)22;1-22-18-12-10-14-6-2-4-8-16(14)20(18)21-17-9-5-3-7-15(17)11-13-19(21)22;1-18-16-9-5-4-8-14(16)15-10-12-6-2-3-7-13(12)11-17(15)18;1-18-16-9-5-4-8-14(16)15-11-10-12-6-2-3-7-13(12)17(15)18;1-18-15-9-5-4-8-14(15)17-13-7-3-2-6-12(13)10-11-16(17)18;1-14-12-8-4-2-6-10(12)11-7-3-5-9-13(11)14;19*1-2/h2*2-13H,1H3;3*2-11H,1H3;2-9H,1H3;19*1-2H3. The quantitative estimate of drug-likeness (QED) is 0.145. The highest BCUT2D eigenvalue weighted by atomic mass is 15.0. The van der Waals surface area contributed by atoms with E-state index >= 15 is 0 Å². The molecule has 150 heavy (non-hydrogen) atoms. The van der Waals surface area contributed by atoms with Crippen LogP contribution in [-0.2, 0) is 42.3 Å². The molecule has 6 heteroatoms. The minimum absolute atomic E-state index is 1.29. The van der Waals surface area contributed by atoms with Gasteiger partial charge in [0.2, 0.25) is 0 Å². The van der Waals surface area contributed by atoms with Crippen molar-refractivity contribution in [3.05, 3.63) is 376 Å². The Bertz CT molecular complexity index is 7780. The van der Waals surface area contributed by atoms with Gasteiger partial charge in [0.1, 0.15) is 0 Å². The van der Waals surface area contributed by atoms with Gasteiger partial charge >= 0.3 is 0 Å². The molecule has 0 N–H and O–H groups in total. The van der Waals surface area contributed by atoms with Crippen LogP contribution in [0.15, 0.2) is 376 Å². The first-order valence-electron chi connectivity index (χ1n) is 57.7. The number of aryl methyl sites for hydroxylation is 6. The van der Waals surface area contributed by atoms with Crippen LogP contribution in [0.4, 0.5) is 0 Å². The average Bonchev–Trinajstić information content (AvgIpc) is 1.57. The smallest absolute Gasteiger partial charge is 0.0568 e. The Morgan fingerprint density at radius 1 is 0.100 bits per heavy atom. The maximum absolute atomic E-state index is 2.32. The zero-order valence-corrected chi connectivity index (χ0v) is 101. The summed E-state index contributed by atoms with van der Waals surface area (Å²) in [5.41, 5.74) is 15.6. The lowest BCUT2D eigenvalue weighted by Crippen LogP contribution is -1.87. The molecule has 19 aromatic carbocycles. The van der Waals surface area contributed by atoms with Crippen LogP contribution in [0.5, 0.6) is 0 Å². The third-order valence-electron chi connectivity index (χ3n) is 23.7. The van der Waals surface area contributed by atoms with Gasteiger partial charge in [-0.05, 0) is 155 Å². The molecule has 0 unspecified atom stereocenters. The molecular formula is C144H194N6. The van der Waals surface area contributed by atoms with Crippen molar-refractivity contribution in [3.8, 4) is 0 Å². The van der Waals surface area contributed by atoms with Crippen molar-refractivity contribution in [2.75, 3.05) is 0 Å². The summed E-state index contributed by atoms with van der Waals surface area (Å²) < 4.78 is 13.7. The minimum Gasteiger partial charge on any atom is -0.344 e. The lowest BCUT2D eigenvalue weighted by atomic mass is 10.00. The van der Waals surface area contributed by atoms with E-state index in [0.29, 0.717) is 0 Å². The Labute approximate surface area is 908 Å². The molecule has 6 heterocycles. The highest BCUT2D eigenvalue weighted by Crippen LogP contribution is 2.41. The van der Waals surface area contributed by atoms with Crippen LogP contribution in [0.1, 0.15) is 263 Å². The van der Waals surface area contributed by atoms with Crippen molar-refractivity contribution in [3.63, 3.8) is 0 Å². The van der Waals surface area contributed by atoms with Gasteiger partial charge in [0.25, 0.3) is 0 Å². The Kier molecular flexibility index (Phi) is 66.6. The Hall–Kier alpha value is -14.2. The van der Waals surface area contributed by atoms with Crippen LogP contribution in [0, 0.1) is 0 Å². The van der Waals surface area contributed by atoms with Crippen LogP contribution in [-0.4, -0.2) is 27.4 Å². The number of para-hydroxylation sites is 5. The van der Waals surface area contributed by atoms with Gasteiger partial charge in [0.05, 0.1) is 5.52 Å². The number of benzene rings is 19. The van der Waals surface area contributed by atoms with Crippen molar-refractivity contribution in [2.24, 2.45) is 42.3 Å². The van der Waals surface area contributed by atoms with E-state index in [0.717, 1.165) is 0 Å². The van der Waals surface area contributed by atoms with Crippen LogP contribution < -0.4 is 0 Å². The van der Waals surface area contributed by atoms with Crippen LogP contribution in [0.2, 0.25) is 0 Å². The zero-order chi connectivity index (χ0) is 113. The van der Waals surface area contributed by atoms with E-state index in [4.69, 9.17) is 0 Å². The molecule has 0 fully saturated rings. The van der Waals surface area contributed by atoms with Crippen molar-refractivity contribution >= 4 is 206 Å². The first-order chi connectivity index (χ1) is 74.1. The van der Waals surface area contributed by atoms with Crippen molar-refractivity contribution in [1.29, 1.82) is 0 Å². The summed E-state index contributed by atoms with van der Waals surface area (Å²) >= 11 is 0. The maximum Gasteiger partial charge on any atom is 0.0568 e. The highest BCUT2D eigenvalue weighted by Gasteiger charge is 2.18. The fourth-order valence-electron chi connectivity index (χ4n) is 18.1. The SMILES string of the molecule is CC.CC.CC.CC.CC.CC.CC.CC.CC.CC.CC.CC.CC.CC.CC.CC.CC.CC.CC.Cn1c2cc3ccccc3cc2c2cc3ccccc3cc21.Cn1c2ccc3ccccc3c2c2c3ccccc3ccc21.Cn1c2ccccc2c2c3ccccc3ccc21.Cn1c2ccccc2c2cc3ccccc3cc21.Cn1c2ccccc2c2ccc3ccccc3c21.Cn1c2ccccc2c2ccccc21. The summed E-state index contributed by atoms with van der Waals surface area (Å²) in [7, 11) is 12.9. The van der Waals surface area contributed by atoms with E-state index in [1.54, 1.807) is 0 Å². The predicted octanol–water partition coefficient (Wildman–Crippen LogP) is 47.6. The second kappa shape index (κ2) is 74.6. The molecule has 6 aromatic heterocycles. The van der Waals surface area contributed by atoms with E-state index < -0.39 is 0 Å². The van der Waals surface area contributed by atoms with E-state index in [2.05, 4.69) is 446 Å². The molecule has 0 bridgehead atoms. The van der Waals surface area contributed by atoms with Gasteiger partial charge in [0.15, 0.2) is 0 Å². The molecule has 0 aliphatic heterocycles. The van der Waals surface area contributed by atoms with E-state index in [1.807, 2.05) is 263 Å². The van der Waals surface area contributed by atoms with Crippen molar-refractivity contribution < 1.29 is 0 Å². The van der Waals surface area contributed by atoms with Gasteiger partial charge in [-0.1, -0.05) is 554 Å². The number of aromatic nitrogens is 6. The molecule has 0 amide bonds. The van der Waals surface area contributed by atoms with Crippen LogP contribution in [0.3, 0.4) is 0 Å². The molecule has 25 aromatic rings. The van der Waals surface area contributed by atoms with Gasteiger partial charge in [-0.25, -0.2) is 0 Å². The predicted molar refractivity (Wildman–Crippen MR) is 701 cm³/mol. The second-order valence-corrected chi connectivity index (χ2v) is 29.8. The van der Waals surface area contributed by atoms with Gasteiger partial charge in [-0.2, -0.15) is 0 Å². The first kappa shape index (κ1) is 134. The summed E-state index contributed by atoms with van der Waals surface area (Å²) in [6, 6.07) is 135. The Morgan fingerprint density at radius 3 is 0.567 bits per heavy atom. The fraction of sp³-hybridized carbons (Fsp3) is 0.306. The molecule has 0 spiro atoms. The second-order valence-electron chi connectivity index (χ2n) is 29.8. The first-order valence-corrected chi connectivity index (χ1v) is 57.7. The topological polar surface area (TPSA) is 29.6 Å². The Balaban J connectivity index is 0.000000847. The van der Waals surface area contributed by atoms with Crippen LogP contribution >= 0.6 is 0 Å². The van der Waals surface area contributed by atoms with E-state index in [9.17, 15) is 0 Å². The van der Waals surface area contributed by atoms with Gasteiger partial charge in [-0.3, -0.25) is 0 Å². The minimum atomic E-state index is 1.29.